The number of hydrogen-bond donors (Lipinski definition) is 5. The molecule has 4 atom stereocenters. The molecule has 2 fully saturated rings. The van der Waals surface area contributed by atoms with Gasteiger partial charge >= 0.3 is 28.5 Å². The molecule has 0 saturated carbocycles. The van der Waals surface area contributed by atoms with Crippen molar-refractivity contribution in [3.05, 3.63) is 11.1 Å². The van der Waals surface area contributed by atoms with E-state index in [1.807, 2.05) is 0 Å². The third-order valence-corrected chi connectivity index (χ3v) is 8.94. The van der Waals surface area contributed by atoms with Gasteiger partial charge in [0, 0.05) is 23.9 Å². The Kier molecular flexibility index (Phi) is 13.0. The third kappa shape index (κ3) is 12.5. The number of esters is 1. The van der Waals surface area contributed by atoms with Crippen molar-refractivity contribution in [2.45, 2.75) is 130 Å². The van der Waals surface area contributed by atoms with Crippen molar-refractivity contribution in [1.29, 1.82) is 0 Å². The summed E-state index contributed by atoms with van der Waals surface area (Å²) in [6.45, 7) is 17.5. The number of hydrogen-bond acceptors (Lipinski definition) is 15. The molecule has 302 valence electrons. The van der Waals surface area contributed by atoms with Gasteiger partial charge in [0.25, 0.3) is 11.8 Å². The fourth-order valence-corrected chi connectivity index (χ4v) is 6.59. The van der Waals surface area contributed by atoms with E-state index in [0.29, 0.717) is 0 Å². The van der Waals surface area contributed by atoms with Crippen LogP contribution < -0.4 is 21.3 Å². The van der Waals surface area contributed by atoms with Crippen LogP contribution in [0.2, 0.25) is 0 Å². The minimum Gasteiger partial charge on any atom is -0.457 e. The first kappa shape index (κ1) is 43.8. The number of alkyl carbamates (subject to hydrolysis) is 1. The Hall–Kier alpha value is -4.57. The summed E-state index contributed by atoms with van der Waals surface area (Å²) in [5, 5.41) is 15.2. The maximum Gasteiger partial charge on any atom is 0.413 e. The lowest BCUT2D eigenvalue weighted by Crippen LogP contribution is -2.72. The van der Waals surface area contributed by atoms with Gasteiger partial charge in [0.2, 0.25) is 11.5 Å². The highest BCUT2D eigenvalue weighted by atomic mass is 32.2. The molecule has 0 aliphatic carbocycles. The lowest BCUT2D eigenvalue weighted by atomic mass is 9.87. The molecule has 3 rings (SSSR count). The minimum atomic E-state index is -5.13. The number of nitrogens with zero attached hydrogens (tertiary/aromatic N) is 3. The summed E-state index contributed by atoms with van der Waals surface area (Å²) in [4.78, 5) is 86.8. The highest BCUT2D eigenvalue weighted by molar-refractivity contribution is 7.84. The van der Waals surface area contributed by atoms with E-state index in [4.69, 9.17) is 19.0 Å². The highest BCUT2D eigenvalue weighted by Gasteiger charge is 2.55. The molecule has 2 aliphatic rings. The van der Waals surface area contributed by atoms with Gasteiger partial charge in [0.05, 0.1) is 6.04 Å². The van der Waals surface area contributed by atoms with Crippen LogP contribution in [0, 0.1) is 5.92 Å². The van der Waals surface area contributed by atoms with Crippen LogP contribution in [-0.2, 0) is 48.5 Å². The topological polar surface area (TPSA) is 270 Å². The Bertz CT molecular complexity index is 1770. The van der Waals surface area contributed by atoms with E-state index in [-0.39, 0.29) is 34.5 Å². The quantitative estimate of drug-likeness (QED) is 0.0507. The van der Waals surface area contributed by atoms with Gasteiger partial charge in [-0.3, -0.25) is 24.3 Å². The zero-order valence-corrected chi connectivity index (χ0v) is 33.6. The zero-order valence-electron chi connectivity index (χ0n) is 32.0. The lowest BCUT2D eigenvalue weighted by molar-refractivity contribution is -0.179. The maximum atomic E-state index is 13.8. The Morgan fingerprint density at radius 3 is 2.09 bits per heavy atom. The van der Waals surface area contributed by atoms with Crippen LogP contribution in [0.4, 0.5) is 14.7 Å². The van der Waals surface area contributed by atoms with E-state index in [2.05, 4.69) is 31.4 Å². The second kappa shape index (κ2) is 16.0. The molecule has 20 nitrogen and oxygen atoms in total. The van der Waals surface area contributed by atoms with E-state index >= 15 is 0 Å². The van der Waals surface area contributed by atoms with Crippen molar-refractivity contribution in [1.82, 2.24) is 25.2 Å². The van der Waals surface area contributed by atoms with Crippen LogP contribution in [0.5, 0.6) is 0 Å². The van der Waals surface area contributed by atoms with Crippen LogP contribution in [0.1, 0.15) is 94.7 Å². The van der Waals surface area contributed by atoms with Gasteiger partial charge < -0.3 is 35.0 Å². The molecule has 0 radical (unpaired) electrons. The number of ether oxygens (including phenoxy) is 3. The molecule has 5 N–H and O–H groups in total. The molecule has 5 amide bonds. The number of rotatable bonds is 12. The van der Waals surface area contributed by atoms with Crippen molar-refractivity contribution < 1.29 is 60.8 Å². The summed E-state index contributed by atoms with van der Waals surface area (Å²) >= 11 is 0.873. The summed E-state index contributed by atoms with van der Waals surface area (Å²) < 4.78 is 50.3. The monoisotopic (exact) mass is 803 g/mol. The van der Waals surface area contributed by atoms with Gasteiger partial charge in [-0.1, -0.05) is 5.16 Å². The second-order valence-electron chi connectivity index (χ2n) is 16.1. The van der Waals surface area contributed by atoms with Crippen LogP contribution in [0.15, 0.2) is 10.5 Å². The largest absolute Gasteiger partial charge is 0.457 e. The fourth-order valence-electron chi connectivity index (χ4n) is 5.01. The first-order chi connectivity index (χ1) is 24.5. The number of amides is 5. The molecule has 3 heterocycles. The van der Waals surface area contributed by atoms with E-state index in [0.717, 1.165) is 11.3 Å². The Labute approximate surface area is 317 Å². The van der Waals surface area contributed by atoms with Crippen LogP contribution in [0.3, 0.4) is 0 Å². The van der Waals surface area contributed by atoms with Crippen LogP contribution in [0.25, 0.3) is 0 Å². The molecule has 1 aromatic rings. The summed E-state index contributed by atoms with van der Waals surface area (Å²) in [5.74, 6) is -4.59. The van der Waals surface area contributed by atoms with Gasteiger partial charge in [-0.15, -0.1) is 11.3 Å². The second-order valence-corrected chi connectivity index (χ2v) is 18.2. The number of anilines is 1. The minimum absolute atomic E-state index is 0.0131. The Morgan fingerprint density at radius 2 is 1.54 bits per heavy atom. The number of nitrogens with one attached hydrogen (secondary N) is 4. The van der Waals surface area contributed by atoms with E-state index < -0.39 is 98.3 Å². The predicted octanol–water partition coefficient (Wildman–Crippen LogP) is 2.25. The Morgan fingerprint density at radius 1 is 0.963 bits per heavy atom. The van der Waals surface area contributed by atoms with Gasteiger partial charge in [0.15, 0.2) is 10.8 Å². The predicted molar refractivity (Wildman–Crippen MR) is 193 cm³/mol. The highest BCUT2D eigenvalue weighted by Crippen LogP contribution is 2.32. The molecule has 0 spiro atoms. The van der Waals surface area contributed by atoms with Crippen molar-refractivity contribution in [3.63, 3.8) is 0 Å². The average Bonchev–Trinajstić information content (AvgIpc) is 3.56. The molecular formula is C32H49N7O13S2. The average molecular weight is 804 g/mol. The van der Waals surface area contributed by atoms with Crippen molar-refractivity contribution in [2.24, 2.45) is 11.1 Å². The standard InChI is InChI=1S/C32H49N7O13S2/c1-29(2,3)49-25(43)32(10,11)52-38-20(18-15-53-26(35-18)37-28(45)51-31(7,8)9)23(41)36-21-19(39(24(21)42)54(46,47)48)13-16-12-17(34-22(16)40)14-33-27(44)50-30(4,5)6/h15-17,19,21H,12-14H2,1-11H3,(H,33,44)(H,34,40)(H,36,41)(H,35,37,45)(H,46,47,48)/b38-20-/t16-,17?,19-,21+/m1/s1. The number of oxime groups is 1. The molecule has 2 saturated heterocycles. The summed E-state index contributed by atoms with van der Waals surface area (Å²) in [7, 11) is -5.13. The van der Waals surface area contributed by atoms with Crippen LogP contribution >= 0.6 is 11.3 Å². The SMILES string of the molecule is CC(C)(C)OC(=O)NCC1C[C@H](C[C@@H]2[C@H](NC(=O)/C(=N\OC(C)(C)C(=O)OC(C)(C)C)c3csc(NC(=O)OC(C)(C)C)n3)C(=O)N2S(=O)(=O)O)C(=O)N1. The summed E-state index contributed by atoms with van der Waals surface area (Å²) in [6, 6.07) is -3.59. The lowest BCUT2D eigenvalue weighted by Gasteiger charge is -2.45. The number of carbonyl (C=O) groups is 6. The number of aromatic nitrogens is 1. The van der Waals surface area contributed by atoms with Gasteiger partial charge in [-0.05, 0) is 89.0 Å². The number of β-lactam (4-membered cyclic amide) rings is 1. The Balaban J connectivity index is 1.87. The normalized spacial score (nSPS) is 21.0. The first-order valence-corrected chi connectivity index (χ1v) is 19.1. The van der Waals surface area contributed by atoms with Gasteiger partial charge in [-0.2, -0.15) is 8.42 Å². The summed E-state index contributed by atoms with van der Waals surface area (Å²) in [6.07, 6.45) is -1.78. The molecule has 0 aromatic carbocycles. The van der Waals surface area contributed by atoms with Crippen LogP contribution in [-0.4, -0.2) is 111 Å². The first-order valence-electron chi connectivity index (χ1n) is 16.8. The van der Waals surface area contributed by atoms with Crippen molar-refractivity contribution >= 4 is 68.4 Å². The molecule has 1 aromatic heterocycles. The smallest absolute Gasteiger partial charge is 0.413 e. The summed E-state index contributed by atoms with van der Waals surface area (Å²) in [5.41, 5.74) is -5.03. The van der Waals surface area contributed by atoms with E-state index in [1.54, 1.807) is 62.3 Å². The molecule has 22 heteroatoms. The van der Waals surface area contributed by atoms with Gasteiger partial charge in [0.1, 0.15) is 28.5 Å². The molecular weight excluding hydrogens is 755 g/mol. The van der Waals surface area contributed by atoms with E-state index in [9.17, 15) is 41.7 Å². The zero-order chi connectivity index (χ0) is 41.2. The number of thiazole rings is 1. The molecule has 2 aliphatic heterocycles. The number of carbonyl (C=O) groups excluding carboxylic acids is 6. The third-order valence-electron chi connectivity index (χ3n) is 7.23. The molecule has 1 unspecified atom stereocenters. The maximum absolute atomic E-state index is 13.8. The van der Waals surface area contributed by atoms with Gasteiger partial charge in [-0.25, -0.2) is 23.7 Å². The molecule has 0 bridgehead atoms. The van der Waals surface area contributed by atoms with E-state index in [1.165, 1.54) is 19.2 Å². The van der Waals surface area contributed by atoms with Crippen molar-refractivity contribution in [3.8, 4) is 0 Å². The fraction of sp³-hybridized carbons (Fsp3) is 0.688. The van der Waals surface area contributed by atoms with Crippen molar-refractivity contribution in [2.75, 3.05) is 11.9 Å². The molecule has 54 heavy (non-hydrogen) atoms.